The van der Waals surface area contributed by atoms with Crippen LogP contribution in [-0.4, -0.2) is 40.4 Å². The largest absolute Gasteiger partial charge is 0.390 e. The van der Waals surface area contributed by atoms with E-state index < -0.39 is 35.3 Å². The summed E-state index contributed by atoms with van der Waals surface area (Å²) >= 11 is 0. The molecular weight excluding hydrogens is 438 g/mol. The van der Waals surface area contributed by atoms with E-state index in [-0.39, 0.29) is 19.4 Å². The van der Waals surface area contributed by atoms with E-state index in [0.29, 0.717) is 24.9 Å². The Morgan fingerprint density at radius 2 is 1.71 bits per heavy atom. The number of halogens is 2. The number of benzene rings is 2. The van der Waals surface area contributed by atoms with Gasteiger partial charge in [-0.15, -0.1) is 0 Å². The first-order valence-corrected chi connectivity index (χ1v) is 12.1. The van der Waals surface area contributed by atoms with Gasteiger partial charge in [0.25, 0.3) is 0 Å². The maximum absolute atomic E-state index is 13.7. The number of nitrogens with one attached hydrogen (secondary N) is 2. The third kappa shape index (κ3) is 9.12. The molecule has 0 fully saturated rings. The number of hydrogen-bond donors (Lipinski definition) is 4. The van der Waals surface area contributed by atoms with Crippen molar-refractivity contribution in [3.63, 3.8) is 0 Å². The fourth-order valence-electron chi connectivity index (χ4n) is 4.14. The minimum atomic E-state index is -1.12. The fourth-order valence-corrected chi connectivity index (χ4v) is 4.14. The van der Waals surface area contributed by atoms with Gasteiger partial charge in [-0.25, -0.2) is 8.78 Å². The minimum Gasteiger partial charge on any atom is -0.390 e. The van der Waals surface area contributed by atoms with E-state index in [1.54, 1.807) is 0 Å². The molecule has 2 rings (SSSR count). The van der Waals surface area contributed by atoms with Crippen molar-refractivity contribution in [3.05, 3.63) is 70.8 Å². The van der Waals surface area contributed by atoms with Crippen molar-refractivity contribution in [3.8, 4) is 0 Å². The molecule has 0 aliphatic rings. The summed E-state index contributed by atoms with van der Waals surface area (Å²) in [6, 6.07) is 10.5. The van der Waals surface area contributed by atoms with Crippen LogP contribution in [0.25, 0.3) is 0 Å². The lowest BCUT2D eigenvalue weighted by molar-refractivity contribution is -0.128. The third-order valence-electron chi connectivity index (χ3n) is 6.13. The highest BCUT2D eigenvalue weighted by Gasteiger charge is 2.29. The van der Waals surface area contributed by atoms with Gasteiger partial charge in [0.05, 0.1) is 24.2 Å². The molecule has 0 radical (unpaired) electrons. The lowest BCUT2D eigenvalue weighted by Crippen LogP contribution is -2.50. The lowest BCUT2D eigenvalue weighted by Gasteiger charge is -2.29. The van der Waals surface area contributed by atoms with Crippen molar-refractivity contribution in [1.82, 2.24) is 10.6 Å². The minimum absolute atomic E-state index is 0.0485. The summed E-state index contributed by atoms with van der Waals surface area (Å²) in [6.45, 7) is 6.55. The molecule has 0 aliphatic carbocycles. The van der Waals surface area contributed by atoms with Crippen LogP contribution in [0.3, 0.4) is 0 Å². The van der Waals surface area contributed by atoms with E-state index in [9.17, 15) is 23.8 Å². The molecule has 0 saturated heterocycles. The third-order valence-corrected chi connectivity index (χ3v) is 6.13. The van der Waals surface area contributed by atoms with Gasteiger partial charge in [0.2, 0.25) is 5.91 Å². The standard InChI is InChI=1S/C27H38F2N2O3/c1-4-10-27(34,6-3)16-26(33)31-24(14-21-12-22(28)15-23(29)13-21)25(32)18-30-17-20-9-7-8-19(5-2)11-20/h7-9,11-13,15,24-25,30,32,34H,4-6,10,14,16-18H2,1-3H3,(H,31,33)/t24-,25+,27?/m0/s1. The molecule has 4 N–H and O–H groups in total. The number of amides is 1. The van der Waals surface area contributed by atoms with E-state index in [1.807, 2.05) is 26.0 Å². The van der Waals surface area contributed by atoms with Crippen molar-refractivity contribution in [2.75, 3.05) is 6.54 Å². The van der Waals surface area contributed by atoms with Crippen molar-refractivity contribution < 1.29 is 23.8 Å². The van der Waals surface area contributed by atoms with Crippen LogP contribution in [0.5, 0.6) is 0 Å². The Morgan fingerprint density at radius 1 is 1.03 bits per heavy atom. The molecule has 1 unspecified atom stereocenters. The van der Waals surface area contributed by atoms with Crippen LogP contribution >= 0.6 is 0 Å². The van der Waals surface area contributed by atoms with Gasteiger partial charge in [-0.05, 0) is 54.5 Å². The van der Waals surface area contributed by atoms with Gasteiger partial charge in [-0.3, -0.25) is 4.79 Å². The number of aliphatic hydroxyl groups is 2. The zero-order valence-electron chi connectivity index (χ0n) is 20.4. The van der Waals surface area contributed by atoms with Crippen LogP contribution in [0.4, 0.5) is 8.78 Å². The number of hydrogen-bond acceptors (Lipinski definition) is 4. The normalized spacial score (nSPS) is 14.9. The monoisotopic (exact) mass is 476 g/mol. The smallest absolute Gasteiger partial charge is 0.223 e. The molecule has 1 amide bonds. The van der Waals surface area contributed by atoms with Gasteiger partial charge >= 0.3 is 0 Å². The van der Waals surface area contributed by atoms with Crippen LogP contribution in [0.1, 0.15) is 63.1 Å². The maximum Gasteiger partial charge on any atom is 0.223 e. The summed E-state index contributed by atoms with van der Waals surface area (Å²) in [5, 5.41) is 27.5. The molecule has 0 bridgehead atoms. The molecule has 34 heavy (non-hydrogen) atoms. The molecular formula is C27H38F2N2O3. The van der Waals surface area contributed by atoms with Crippen LogP contribution < -0.4 is 10.6 Å². The molecule has 0 saturated carbocycles. The zero-order chi connectivity index (χ0) is 25.1. The lowest BCUT2D eigenvalue weighted by atomic mass is 9.90. The van der Waals surface area contributed by atoms with Crippen LogP contribution in [0.2, 0.25) is 0 Å². The second-order valence-corrected chi connectivity index (χ2v) is 9.03. The van der Waals surface area contributed by atoms with E-state index in [0.717, 1.165) is 24.5 Å². The van der Waals surface area contributed by atoms with Crippen LogP contribution in [-0.2, 0) is 24.2 Å². The molecule has 2 aromatic rings. The second kappa shape index (κ2) is 13.5. The Morgan fingerprint density at radius 3 is 2.32 bits per heavy atom. The zero-order valence-corrected chi connectivity index (χ0v) is 20.4. The fraction of sp³-hybridized carbons (Fsp3) is 0.519. The molecule has 0 heterocycles. The summed E-state index contributed by atoms with van der Waals surface area (Å²) in [6.07, 6.45) is 1.51. The average molecular weight is 477 g/mol. The molecule has 2 aromatic carbocycles. The second-order valence-electron chi connectivity index (χ2n) is 9.03. The van der Waals surface area contributed by atoms with Gasteiger partial charge < -0.3 is 20.8 Å². The van der Waals surface area contributed by atoms with Gasteiger partial charge in [0.15, 0.2) is 0 Å². The number of aryl methyl sites for hydroxylation is 1. The molecule has 0 aromatic heterocycles. The quantitative estimate of drug-likeness (QED) is 0.332. The predicted octanol–water partition coefficient (Wildman–Crippen LogP) is 4.04. The van der Waals surface area contributed by atoms with Gasteiger partial charge in [0, 0.05) is 19.2 Å². The maximum atomic E-state index is 13.7. The summed E-state index contributed by atoms with van der Waals surface area (Å²) in [5.41, 5.74) is 1.50. The van der Waals surface area contributed by atoms with Crippen LogP contribution in [0, 0.1) is 11.6 Å². The SMILES string of the molecule is CCCC(O)(CC)CC(=O)N[C@@H](Cc1cc(F)cc(F)c1)[C@H](O)CNCc1cccc(CC)c1. The summed E-state index contributed by atoms with van der Waals surface area (Å²) < 4.78 is 27.4. The molecule has 7 heteroatoms. The molecule has 0 aliphatic heterocycles. The Bertz CT molecular complexity index is 904. The number of carbonyl (C=O) groups excluding carboxylic acids is 1. The van der Waals surface area contributed by atoms with Crippen LogP contribution in [0.15, 0.2) is 42.5 Å². The average Bonchev–Trinajstić information content (AvgIpc) is 2.78. The summed E-state index contributed by atoms with van der Waals surface area (Å²) in [4.78, 5) is 12.7. The number of aliphatic hydroxyl groups excluding tert-OH is 1. The Balaban J connectivity index is 2.08. The highest BCUT2D eigenvalue weighted by Crippen LogP contribution is 2.22. The number of carbonyl (C=O) groups is 1. The Kier molecular flexibility index (Phi) is 11.1. The van der Waals surface area contributed by atoms with Gasteiger partial charge in [0.1, 0.15) is 11.6 Å². The van der Waals surface area contributed by atoms with Gasteiger partial charge in [-0.1, -0.05) is 51.5 Å². The Hall–Kier alpha value is -2.35. The van der Waals surface area contributed by atoms with E-state index in [2.05, 4.69) is 29.7 Å². The molecule has 0 spiro atoms. The molecule has 5 nitrogen and oxygen atoms in total. The predicted molar refractivity (Wildman–Crippen MR) is 130 cm³/mol. The number of rotatable bonds is 14. The summed E-state index contributed by atoms with van der Waals surface area (Å²) in [5.74, 6) is -1.84. The van der Waals surface area contributed by atoms with Crippen molar-refractivity contribution in [1.29, 1.82) is 0 Å². The first-order chi connectivity index (χ1) is 16.2. The van der Waals surface area contributed by atoms with Crippen molar-refractivity contribution in [2.24, 2.45) is 0 Å². The van der Waals surface area contributed by atoms with Gasteiger partial charge in [-0.2, -0.15) is 0 Å². The first kappa shape index (κ1) is 27.9. The first-order valence-electron chi connectivity index (χ1n) is 12.1. The highest BCUT2D eigenvalue weighted by molar-refractivity contribution is 5.77. The highest BCUT2D eigenvalue weighted by atomic mass is 19.1. The van der Waals surface area contributed by atoms with E-state index in [1.165, 1.54) is 17.7 Å². The summed E-state index contributed by atoms with van der Waals surface area (Å²) in [7, 11) is 0. The molecule has 188 valence electrons. The van der Waals surface area contributed by atoms with Crippen molar-refractivity contribution in [2.45, 2.75) is 83.6 Å². The Labute approximate surface area is 201 Å². The van der Waals surface area contributed by atoms with E-state index >= 15 is 0 Å². The van der Waals surface area contributed by atoms with E-state index in [4.69, 9.17) is 0 Å². The van der Waals surface area contributed by atoms with Crippen molar-refractivity contribution >= 4 is 5.91 Å². The topological polar surface area (TPSA) is 81.6 Å². The molecule has 3 atom stereocenters.